The van der Waals surface area contributed by atoms with Crippen LogP contribution in [0.25, 0.3) is 38.6 Å². The number of nitrogens with one attached hydrogen (secondary N) is 1. The Labute approximate surface area is 236 Å². The minimum atomic E-state index is -0.368. The van der Waals surface area contributed by atoms with Gasteiger partial charge >= 0.3 is 0 Å². The highest BCUT2D eigenvalue weighted by molar-refractivity contribution is 5.94. The second-order valence-corrected chi connectivity index (χ2v) is 9.72. The first-order valence-corrected chi connectivity index (χ1v) is 13.4. The smallest absolute Gasteiger partial charge is 0.266 e. The van der Waals surface area contributed by atoms with Crippen LogP contribution in [0.2, 0.25) is 0 Å². The zero-order chi connectivity index (χ0) is 28.3. The minimum Gasteiger partial charge on any atom is -0.359 e. The average Bonchev–Trinajstić information content (AvgIpc) is 3.01. The van der Waals surface area contributed by atoms with Gasteiger partial charge in [-0.1, -0.05) is 43.7 Å². The molecule has 0 aliphatic heterocycles. The number of anilines is 1. The fourth-order valence-electron chi connectivity index (χ4n) is 5.04. The lowest BCUT2D eigenvalue weighted by atomic mass is 10.0. The molecule has 6 aromatic rings. The molecule has 0 spiro atoms. The standard InChI is InChI=1S/C32H26N8O/c1-3-8-28(38-30-25-15-21(16-33)13-14-26(25)36-19-37-30)31-39-27-12-7-11-24(22-17-34-20(2)35-18-22)29(27)32(41)40(31)23-9-5-4-6-10-23/h4-7,9-15,17-19,28H,3,8H2,1-2H3,(H,36,37,38). The van der Waals surface area contributed by atoms with Crippen LogP contribution in [-0.4, -0.2) is 29.5 Å². The maximum Gasteiger partial charge on any atom is 0.266 e. The third kappa shape index (κ3) is 4.87. The van der Waals surface area contributed by atoms with E-state index >= 15 is 0 Å². The minimum absolute atomic E-state index is 0.186. The Morgan fingerprint density at radius 2 is 1.76 bits per heavy atom. The molecule has 9 heteroatoms. The summed E-state index contributed by atoms with van der Waals surface area (Å²) in [6.45, 7) is 3.91. The Balaban J connectivity index is 1.59. The van der Waals surface area contributed by atoms with Gasteiger partial charge in [-0.3, -0.25) is 9.36 Å². The number of para-hydroxylation sites is 1. The van der Waals surface area contributed by atoms with Gasteiger partial charge in [-0.25, -0.2) is 24.9 Å². The molecular weight excluding hydrogens is 512 g/mol. The molecule has 0 aliphatic rings. The normalized spacial score (nSPS) is 11.8. The van der Waals surface area contributed by atoms with Crippen molar-refractivity contribution < 1.29 is 0 Å². The monoisotopic (exact) mass is 538 g/mol. The van der Waals surface area contributed by atoms with E-state index in [1.807, 2.05) is 55.5 Å². The number of rotatable bonds is 7. The van der Waals surface area contributed by atoms with Crippen LogP contribution in [-0.2, 0) is 0 Å². The van der Waals surface area contributed by atoms with Crippen molar-refractivity contribution in [3.8, 4) is 22.9 Å². The Hall–Kier alpha value is -5.49. The lowest BCUT2D eigenvalue weighted by Crippen LogP contribution is -2.29. The number of hydrogen-bond acceptors (Lipinski definition) is 8. The number of aryl methyl sites for hydroxylation is 1. The van der Waals surface area contributed by atoms with E-state index in [2.05, 4.69) is 38.2 Å². The Kier molecular flexibility index (Phi) is 6.88. The third-order valence-electron chi connectivity index (χ3n) is 6.99. The summed E-state index contributed by atoms with van der Waals surface area (Å²) < 4.78 is 1.68. The number of hydrogen-bond donors (Lipinski definition) is 1. The van der Waals surface area contributed by atoms with Gasteiger partial charge in [0.2, 0.25) is 0 Å². The zero-order valence-electron chi connectivity index (χ0n) is 22.6. The Morgan fingerprint density at radius 1 is 0.951 bits per heavy atom. The first kappa shape index (κ1) is 25.8. The largest absolute Gasteiger partial charge is 0.359 e. The number of aromatic nitrogens is 6. The molecule has 0 amide bonds. The summed E-state index contributed by atoms with van der Waals surface area (Å²) in [5.74, 6) is 1.80. The van der Waals surface area contributed by atoms with Gasteiger partial charge in [-0.05, 0) is 55.3 Å². The molecule has 41 heavy (non-hydrogen) atoms. The van der Waals surface area contributed by atoms with Crippen molar-refractivity contribution in [1.29, 1.82) is 5.26 Å². The molecule has 0 saturated heterocycles. The van der Waals surface area contributed by atoms with E-state index in [0.29, 0.717) is 51.6 Å². The molecule has 1 N–H and O–H groups in total. The van der Waals surface area contributed by atoms with Crippen LogP contribution >= 0.6 is 0 Å². The van der Waals surface area contributed by atoms with Crippen molar-refractivity contribution >= 4 is 27.6 Å². The second kappa shape index (κ2) is 10.9. The van der Waals surface area contributed by atoms with E-state index in [9.17, 15) is 10.1 Å². The van der Waals surface area contributed by atoms with Crippen LogP contribution in [0, 0.1) is 18.3 Å². The van der Waals surface area contributed by atoms with Gasteiger partial charge in [0.25, 0.3) is 5.56 Å². The quantitative estimate of drug-likeness (QED) is 0.266. The summed E-state index contributed by atoms with van der Waals surface area (Å²) in [6, 6.07) is 22.3. The van der Waals surface area contributed by atoms with E-state index in [1.54, 1.807) is 35.2 Å². The van der Waals surface area contributed by atoms with Crippen LogP contribution in [0.1, 0.15) is 43.0 Å². The maximum atomic E-state index is 14.5. The highest BCUT2D eigenvalue weighted by Crippen LogP contribution is 2.31. The topological polar surface area (TPSA) is 122 Å². The molecule has 3 aromatic heterocycles. The SMILES string of the molecule is CCCC(Nc1ncnc2ccc(C#N)cc12)c1nc2cccc(-c3cnc(C)nc3)c2c(=O)n1-c1ccccc1. The summed E-state index contributed by atoms with van der Waals surface area (Å²) in [5.41, 5.74) is 3.80. The van der Waals surface area contributed by atoms with E-state index < -0.39 is 0 Å². The number of fused-ring (bicyclic) bond motifs is 2. The molecule has 3 heterocycles. The summed E-state index contributed by atoms with van der Waals surface area (Å²) in [6.07, 6.45) is 6.46. The third-order valence-corrected chi connectivity index (χ3v) is 6.99. The van der Waals surface area contributed by atoms with Crippen LogP contribution in [0.3, 0.4) is 0 Å². The molecule has 9 nitrogen and oxygen atoms in total. The van der Waals surface area contributed by atoms with Gasteiger partial charge in [-0.15, -0.1) is 0 Å². The maximum absolute atomic E-state index is 14.5. The molecule has 0 aliphatic carbocycles. The zero-order valence-corrected chi connectivity index (χ0v) is 22.6. The van der Waals surface area contributed by atoms with Crippen molar-refractivity contribution in [3.63, 3.8) is 0 Å². The molecule has 6 rings (SSSR count). The van der Waals surface area contributed by atoms with E-state index in [4.69, 9.17) is 4.98 Å². The summed E-state index contributed by atoms with van der Waals surface area (Å²) in [7, 11) is 0. The fourth-order valence-corrected chi connectivity index (χ4v) is 5.04. The summed E-state index contributed by atoms with van der Waals surface area (Å²) in [4.78, 5) is 37.1. The summed E-state index contributed by atoms with van der Waals surface area (Å²) in [5, 5.41) is 14.2. The van der Waals surface area contributed by atoms with E-state index in [0.717, 1.165) is 22.9 Å². The Morgan fingerprint density at radius 3 is 2.51 bits per heavy atom. The first-order chi connectivity index (χ1) is 20.1. The highest BCUT2D eigenvalue weighted by atomic mass is 16.1. The van der Waals surface area contributed by atoms with Crippen molar-refractivity contribution in [3.05, 3.63) is 113 Å². The lowest BCUT2D eigenvalue weighted by molar-refractivity contribution is 0.616. The molecule has 0 radical (unpaired) electrons. The van der Waals surface area contributed by atoms with Gasteiger partial charge in [0.15, 0.2) is 0 Å². The predicted molar refractivity (Wildman–Crippen MR) is 159 cm³/mol. The van der Waals surface area contributed by atoms with Gasteiger partial charge < -0.3 is 5.32 Å². The van der Waals surface area contributed by atoms with Gasteiger partial charge in [0, 0.05) is 23.3 Å². The van der Waals surface area contributed by atoms with Gasteiger partial charge in [0.1, 0.15) is 23.8 Å². The van der Waals surface area contributed by atoms with E-state index in [-0.39, 0.29) is 11.6 Å². The molecule has 0 saturated carbocycles. The molecule has 1 atom stereocenters. The Bertz CT molecular complexity index is 1980. The lowest BCUT2D eigenvalue weighted by Gasteiger charge is -2.24. The molecule has 200 valence electrons. The van der Waals surface area contributed by atoms with Crippen molar-refractivity contribution in [1.82, 2.24) is 29.5 Å². The van der Waals surface area contributed by atoms with Crippen LogP contribution in [0.15, 0.2) is 90.2 Å². The van der Waals surface area contributed by atoms with Crippen LogP contribution < -0.4 is 10.9 Å². The van der Waals surface area contributed by atoms with E-state index in [1.165, 1.54) is 6.33 Å². The van der Waals surface area contributed by atoms with Crippen molar-refractivity contribution in [2.24, 2.45) is 0 Å². The molecule has 3 aromatic carbocycles. The van der Waals surface area contributed by atoms with Crippen molar-refractivity contribution in [2.45, 2.75) is 32.7 Å². The number of nitrogens with zero attached hydrogens (tertiary/aromatic N) is 7. The van der Waals surface area contributed by atoms with Crippen molar-refractivity contribution in [2.75, 3.05) is 5.32 Å². The van der Waals surface area contributed by atoms with Crippen LogP contribution in [0.4, 0.5) is 5.82 Å². The van der Waals surface area contributed by atoms with Gasteiger partial charge in [-0.2, -0.15) is 5.26 Å². The number of nitriles is 1. The fraction of sp³-hybridized carbons (Fsp3) is 0.156. The summed E-state index contributed by atoms with van der Waals surface area (Å²) >= 11 is 0. The van der Waals surface area contributed by atoms with Crippen LogP contribution in [0.5, 0.6) is 0 Å². The second-order valence-electron chi connectivity index (χ2n) is 9.72. The molecule has 1 unspecified atom stereocenters. The highest BCUT2D eigenvalue weighted by Gasteiger charge is 2.23. The molecular formula is C32H26N8O. The average molecular weight is 539 g/mol. The first-order valence-electron chi connectivity index (χ1n) is 13.4. The predicted octanol–water partition coefficient (Wildman–Crippen LogP) is 5.92. The number of benzene rings is 3. The van der Waals surface area contributed by atoms with Gasteiger partial charge in [0.05, 0.1) is 39.8 Å². The molecule has 0 bridgehead atoms. The molecule has 0 fully saturated rings.